The molecule has 2 nitrogen and oxygen atoms in total. The molecule has 1 unspecified atom stereocenters. The van der Waals surface area contributed by atoms with E-state index in [0.717, 1.165) is 32.6 Å². The molecule has 1 aliphatic heterocycles. The fraction of sp³-hybridized carbons (Fsp3) is 0.333. The van der Waals surface area contributed by atoms with Crippen LogP contribution in [-0.2, 0) is 0 Å². The number of hydrogen-bond acceptors (Lipinski definition) is 2. The molecule has 0 radical (unpaired) electrons. The lowest BCUT2D eigenvalue weighted by molar-refractivity contribution is 0.241. The normalized spacial score (nSPS) is 17.9. The standard InChI is InChI=1S/C18H20Cl2N2/c19-16-8-7-15(13-17(16)20)18(14-5-2-1-3-6-14)22-11-4-9-21-10-12-22/h1-3,5-8,13,18,21H,4,9-12H2. The predicted octanol–water partition coefficient (Wildman–Crippen LogP) is 4.38. The Morgan fingerprint density at radius 1 is 0.864 bits per heavy atom. The average molecular weight is 335 g/mol. The number of nitrogens with zero attached hydrogens (tertiary/aromatic N) is 1. The van der Waals surface area contributed by atoms with Gasteiger partial charge in [-0.25, -0.2) is 0 Å². The zero-order valence-electron chi connectivity index (χ0n) is 12.4. The van der Waals surface area contributed by atoms with E-state index in [1.54, 1.807) is 0 Å². The SMILES string of the molecule is Clc1ccc(C(c2ccccc2)N2CCCNCC2)cc1Cl. The molecular formula is C18H20Cl2N2. The van der Waals surface area contributed by atoms with Gasteiger partial charge in [0.15, 0.2) is 0 Å². The van der Waals surface area contributed by atoms with Gasteiger partial charge in [-0.3, -0.25) is 4.90 Å². The third-order valence-corrected chi connectivity index (χ3v) is 4.85. The zero-order valence-corrected chi connectivity index (χ0v) is 13.9. The van der Waals surface area contributed by atoms with Gasteiger partial charge in [-0.15, -0.1) is 0 Å². The molecule has 2 aromatic carbocycles. The van der Waals surface area contributed by atoms with Crippen molar-refractivity contribution in [3.8, 4) is 0 Å². The quantitative estimate of drug-likeness (QED) is 0.896. The smallest absolute Gasteiger partial charge is 0.0602 e. The third kappa shape index (κ3) is 3.64. The first-order valence-corrected chi connectivity index (χ1v) is 8.46. The minimum absolute atomic E-state index is 0.218. The highest BCUT2D eigenvalue weighted by molar-refractivity contribution is 6.42. The maximum absolute atomic E-state index is 6.25. The van der Waals surface area contributed by atoms with Crippen molar-refractivity contribution in [3.05, 3.63) is 69.7 Å². The Balaban J connectivity index is 1.99. The minimum Gasteiger partial charge on any atom is -0.315 e. The van der Waals surface area contributed by atoms with Crippen LogP contribution < -0.4 is 5.32 Å². The summed E-state index contributed by atoms with van der Waals surface area (Å²) in [6, 6.07) is 16.8. The summed E-state index contributed by atoms with van der Waals surface area (Å²) in [4.78, 5) is 2.52. The molecule has 1 atom stereocenters. The van der Waals surface area contributed by atoms with Crippen molar-refractivity contribution in [1.29, 1.82) is 0 Å². The van der Waals surface area contributed by atoms with Crippen molar-refractivity contribution in [2.45, 2.75) is 12.5 Å². The molecule has 0 aliphatic carbocycles. The van der Waals surface area contributed by atoms with E-state index in [0.29, 0.717) is 10.0 Å². The van der Waals surface area contributed by atoms with Crippen LogP contribution in [0.3, 0.4) is 0 Å². The molecule has 1 heterocycles. The van der Waals surface area contributed by atoms with Gasteiger partial charge in [0.25, 0.3) is 0 Å². The monoisotopic (exact) mass is 334 g/mol. The van der Waals surface area contributed by atoms with E-state index < -0.39 is 0 Å². The fourth-order valence-corrected chi connectivity index (χ4v) is 3.36. The number of benzene rings is 2. The molecule has 1 saturated heterocycles. The molecule has 1 N–H and O–H groups in total. The second kappa shape index (κ2) is 7.47. The van der Waals surface area contributed by atoms with E-state index >= 15 is 0 Å². The Morgan fingerprint density at radius 2 is 1.68 bits per heavy atom. The Morgan fingerprint density at radius 3 is 2.45 bits per heavy atom. The van der Waals surface area contributed by atoms with Gasteiger partial charge >= 0.3 is 0 Å². The summed E-state index contributed by atoms with van der Waals surface area (Å²) in [6.45, 7) is 4.21. The van der Waals surface area contributed by atoms with Gasteiger partial charge in [0.05, 0.1) is 16.1 Å². The number of hydrogen-bond donors (Lipinski definition) is 1. The molecule has 3 rings (SSSR count). The minimum atomic E-state index is 0.218. The van der Waals surface area contributed by atoms with Crippen LogP contribution in [0.1, 0.15) is 23.6 Å². The van der Waals surface area contributed by atoms with Gasteiger partial charge < -0.3 is 5.32 Å². The molecule has 0 amide bonds. The topological polar surface area (TPSA) is 15.3 Å². The van der Waals surface area contributed by atoms with E-state index in [-0.39, 0.29) is 6.04 Å². The van der Waals surface area contributed by atoms with Gasteiger partial charge in [-0.1, -0.05) is 59.6 Å². The highest BCUT2D eigenvalue weighted by Gasteiger charge is 2.23. The fourth-order valence-electron chi connectivity index (χ4n) is 3.06. The second-order valence-electron chi connectivity index (χ2n) is 5.63. The van der Waals surface area contributed by atoms with Crippen LogP contribution in [0.2, 0.25) is 10.0 Å². The van der Waals surface area contributed by atoms with Crippen LogP contribution >= 0.6 is 23.2 Å². The Bertz CT molecular complexity index is 608. The largest absolute Gasteiger partial charge is 0.315 e. The van der Waals surface area contributed by atoms with E-state index in [2.05, 4.69) is 46.6 Å². The Labute approximate surface area is 142 Å². The second-order valence-corrected chi connectivity index (χ2v) is 6.44. The average Bonchev–Trinajstić information content (AvgIpc) is 2.81. The van der Waals surface area contributed by atoms with Crippen molar-refractivity contribution in [2.24, 2.45) is 0 Å². The summed E-state index contributed by atoms with van der Waals surface area (Å²) in [5, 5.41) is 4.69. The van der Waals surface area contributed by atoms with Crippen molar-refractivity contribution in [1.82, 2.24) is 10.2 Å². The summed E-state index contributed by atoms with van der Waals surface area (Å²) in [7, 11) is 0. The maximum Gasteiger partial charge on any atom is 0.0602 e. The first-order chi connectivity index (χ1) is 10.8. The van der Waals surface area contributed by atoms with E-state index in [4.69, 9.17) is 23.2 Å². The third-order valence-electron chi connectivity index (χ3n) is 4.11. The van der Waals surface area contributed by atoms with Crippen LogP contribution in [0.5, 0.6) is 0 Å². The molecule has 22 heavy (non-hydrogen) atoms. The zero-order chi connectivity index (χ0) is 15.4. The van der Waals surface area contributed by atoms with E-state index in [1.165, 1.54) is 11.1 Å². The van der Waals surface area contributed by atoms with Crippen LogP contribution in [0, 0.1) is 0 Å². The van der Waals surface area contributed by atoms with Crippen molar-refractivity contribution in [2.75, 3.05) is 26.2 Å². The van der Waals surface area contributed by atoms with Crippen LogP contribution in [0.25, 0.3) is 0 Å². The van der Waals surface area contributed by atoms with Gasteiger partial charge in [-0.05, 0) is 36.2 Å². The molecule has 1 fully saturated rings. The first kappa shape index (κ1) is 15.8. The predicted molar refractivity (Wildman–Crippen MR) is 93.8 cm³/mol. The molecular weight excluding hydrogens is 315 g/mol. The first-order valence-electron chi connectivity index (χ1n) is 7.70. The lowest BCUT2D eigenvalue weighted by atomic mass is 9.97. The summed E-state index contributed by atoms with van der Waals surface area (Å²) in [5.74, 6) is 0. The molecule has 0 spiro atoms. The van der Waals surface area contributed by atoms with Crippen LogP contribution in [0.15, 0.2) is 48.5 Å². The molecule has 0 bridgehead atoms. The van der Waals surface area contributed by atoms with Gasteiger partial charge in [0, 0.05) is 19.6 Å². The molecule has 0 saturated carbocycles. The van der Waals surface area contributed by atoms with E-state index in [9.17, 15) is 0 Å². The molecule has 1 aliphatic rings. The van der Waals surface area contributed by atoms with Gasteiger partial charge in [0.1, 0.15) is 0 Å². The Kier molecular flexibility index (Phi) is 5.37. The highest BCUT2D eigenvalue weighted by Crippen LogP contribution is 2.33. The van der Waals surface area contributed by atoms with Gasteiger partial charge in [0.2, 0.25) is 0 Å². The maximum atomic E-state index is 6.25. The summed E-state index contributed by atoms with van der Waals surface area (Å²) in [5.41, 5.74) is 2.49. The number of halogens is 2. The van der Waals surface area contributed by atoms with Crippen molar-refractivity contribution in [3.63, 3.8) is 0 Å². The number of rotatable bonds is 3. The highest BCUT2D eigenvalue weighted by atomic mass is 35.5. The van der Waals surface area contributed by atoms with E-state index in [1.807, 2.05) is 12.1 Å². The molecule has 0 aromatic heterocycles. The summed E-state index contributed by atoms with van der Waals surface area (Å²) < 4.78 is 0. The summed E-state index contributed by atoms with van der Waals surface area (Å²) in [6.07, 6.45) is 1.16. The lowest BCUT2D eigenvalue weighted by Crippen LogP contribution is -2.33. The number of nitrogens with one attached hydrogen (secondary N) is 1. The van der Waals surface area contributed by atoms with Crippen molar-refractivity contribution >= 4 is 23.2 Å². The molecule has 116 valence electrons. The Hall–Kier alpha value is -1.06. The molecule has 4 heteroatoms. The lowest BCUT2D eigenvalue weighted by Gasteiger charge is -2.31. The summed E-state index contributed by atoms with van der Waals surface area (Å²) >= 11 is 12.3. The van der Waals surface area contributed by atoms with Crippen LogP contribution in [0.4, 0.5) is 0 Å². The van der Waals surface area contributed by atoms with Crippen LogP contribution in [-0.4, -0.2) is 31.1 Å². The molecule has 2 aromatic rings. The van der Waals surface area contributed by atoms with Crippen molar-refractivity contribution < 1.29 is 0 Å². The van der Waals surface area contributed by atoms with Gasteiger partial charge in [-0.2, -0.15) is 0 Å².